The number of hydrogen-bond acceptors (Lipinski definition) is 2. The second-order valence-corrected chi connectivity index (χ2v) is 5.10. The molecule has 0 fully saturated rings. The van der Waals surface area contributed by atoms with Gasteiger partial charge in [-0.2, -0.15) is 0 Å². The lowest BCUT2D eigenvalue weighted by molar-refractivity contribution is 0.207. The van der Waals surface area contributed by atoms with Crippen molar-refractivity contribution in [2.24, 2.45) is 0 Å². The van der Waals surface area contributed by atoms with Gasteiger partial charge in [-0.05, 0) is 48.5 Å². The van der Waals surface area contributed by atoms with Gasteiger partial charge in [-0.25, -0.2) is 9.18 Å². The fourth-order valence-electron chi connectivity index (χ4n) is 1.68. The summed E-state index contributed by atoms with van der Waals surface area (Å²) in [6, 6.07) is 12.3. The molecule has 0 aliphatic carbocycles. The molecule has 116 valence electrons. The summed E-state index contributed by atoms with van der Waals surface area (Å²) >= 11 is 5.78. The Labute approximate surface area is 133 Å². The van der Waals surface area contributed by atoms with E-state index in [1.165, 1.54) is 29.2 Å². The summed E-state index contributed by atoms with van der Waals surface area (Å²) in [5, 5.41) is 3.31. The van der Waals surface area contributed by atoms with Crippen molar-refractivity contribution in [2.75, 3.05) is 25.5 Å². The summed E-state index contributed by atoms with van der Waals surface area (Å²) < 4.78 is 18.3. The second kappa shape index (κ2) is 7.66. The Hall–Kier alpha value is -2.27. The number of hydrogen-bond donors (Lipinski definition) is 1. The summed E-state index contributed by atoms with van der Waals surface area (Å²) in [5.41, 5.74) is 0.539. The highest BCUT2D eigenvalue weighted by molar-refractivity contribution is 6.30. The first-order chi connectivity index (χ1) is 10.5. The first-order valence-electron chi connectivity index (χ1n) is 6.70. The van der Waals surface area contributed by atoms with Crippen molar-refractivity contribution in [3.63, 3.8) is 0 Å². The summed E-state index contributed by atoms with van der Waals surface area (Å²) in [5.74, 6) is 0.347. The van der Waals surface area contributed by atoms with Crippen molar-refractivity contribution in [3.05, 3.63) is 59.4 Å². The normalized spacial score (nSPS) is 10.1. The van der Waals surface area contributed by atoms with Crippen LogP contribution in [0.15, 0.2) is 48.5 Å². The summed E-state index contributed by atoms with van der Waals surface area (Å²) in [7, 11) is 1.66. The average Bonchev–Trinajstić information content (AvgIpc) is 2.51. The summed E-state index contributed by atoms with van der Waals surface area (Å²) in [4.78, 5) is 13.4. The lowest BCUT2D eigenvalue weighted by Gasteiger charge is -2.18. The lowest BCUT2D eigenvalue weighted by Crippen LogP contribution is -2.34. The van der Waals surface area contributed by atoms with E-state index in [1.807, 2.05) is 0 Å². The molecule has 4 nitrogen and oxygen atoms in total. The van der Waals surface area contributed by atoms with Crippen LogP contribution in [-0.2, 0) is 0 Å². The minimum Gasteiger partial charge on any atom is -0.492 e. The zero-order chi connectivity index (χ0) is 15.9. The molecule has 0 saturated carbocycles. The highest BCUT2D eigenvalue weighted by atomic mass is 35.5. The number of nitrogens with one attached hydrogen (secondary N) is 1. The van der Waals surface area contributed by atoms with Crippen molar-refractivity contribution >= 4 is 23.3 Å². The number of amides is 2. The maximum atomic E-state index is 12.8. The monoisotopic (exact) mass is 322 g/mol. The third-order valence-electron chi connectivity index (χ3n) is 2.95. The number of rotatable bonds is 5. The quantitative estimate of drug-likeness (QED) is 0.903. The van der Waals surface area contributed by atoms with Crippen LogP contribution in [0.2, 0.25) is 5.02 Å². The largest absolute Gasteiger partial charge is 0.492 e. The third kappa shape index (κ3) is 4.93. The predicted molar refractivity (Wildman–Crippen MR) is 85.0 cm³/mol. The summed E-state index contributed by atoms with van der Waals surface area (Å²) in [6.45, 7) is 0.768. The van der Waals surface area contributed by atoms with Crippen molar-refractivity contribution in [1.82, 2.24) is 4.90 Å². The number of nitrogens with zero attached hydrogens (tertiary/aromatic N) is 1. The molecule has 2 rings (SSSR count). The van der Waals surface area contributed by atoms with Crippen LogP contribution in [0.1, 0.15) is 0 Å². The fourth-order valence-corrected chi connectivity index (χ4v) is 1.81. The van der Waals surface area contributed by atoms with Crippen LogP contribution in [0.5, 0.6) is 5.75 Å². The second-order valence-electron chi connectivity index (χ2n) is 4.66. The van der Waals surface area contributed by atoms with Gasteiger partial charge in [0.05, 0.1) is 6.54 Å². The van der Waals surface area contributed by atoms with E-state index >= 15 is 0 Å². The van der Waals surface area contributed by atoms with Crippen LogP contribution in [0.4, 0.5) is 14.9 Å². The Morgan fingerprint density at radius 3 is 2.45 bits per heavy atom. The maximum Gasteiger partial charge on any atom is 0.321 e. The van der Waals surface area contributed by atoms with Gasteiger partial charge in [0.25, 0.3) is 0 Å². The number of likely N-dealkylation sites (N-methyl/N-ethyl adjacent to an activating group) is 1. The SMILES string of the molecule is CN(CCOc1ccc(Cl)cc1)C(=O)Nc1ccc(F)cc1. The van der Waals surface area contributed by atoms with E-state index in [-0.39, 0.29) is 11.8 Å². The van der Waals surface area contributed by atoms with E-state index in [0.717, 1.165) is 0 Å². The number of carbonyl (C=O) groups excluding carboxylic acids is 1. The van der Waals surface area contributed by atoms with E-state index in [4.69, 9.17) is 16.3 Å². The van der Waals surface area contributed by atoms with Crippen molar-refractivity contribution in [1.29, 1.82) is 0 Å². The van der Waals surface area contributed by atoms with Crippen LogP contribution >= 0.6 is 11.6 Å². The molecule has 0 aliphatic rings. The van der Waals surface area contributed by atoms with Gasteiger partial charge in [-0.1, -0.05) is 11.6 Å². The molecule has 0 aliphatic heterocycles. The minimum absolute atomic E-state index is 0.286. The molecule has 0 radical (unpaired) electrons. The van der Waals surface area contributed by atoms with Gasteiger partial charge >= 0.3 is 6.03 Å². The van der Waals surface area contributed by atoms with Crippen LogP contribution in [0, 0.1) is 5.82 Å². The van der Waals surface area contributed by atoms with Gasteiger partial charge in [0.1, 0.15) is 18.2 Å². The van der Waals surface area contributed by atoms with Gasteiger partial charge in [0.15, 0.2) is 0 Å². The molecule has 2 amide bonds. The zero-order valence-electron chi connectivity index (χ0n) is 12.1. The Balaban J connectivity index is 1.76. The van der Waals surface area contributed by atoms with Crippen LogP contribution < -0.4 is 10.1 Å². The van der Waals surface area contributed by atoms with Crippen molar-refractivity contribution in [3.8, 4) is 5.75 Å². The van der Waals surface area contributed by atoms with E-state index in [9.17, 15) is 9.18 Å². The Morgan fingerprint density at radius 1 is 1.18 bits per heavy atom. The minimum atomic E-state index is -0.345. The molecule has 22 heavy (non-hydrogen) atoms. The number of carbonyl (C=O) groups is 1. The molecule has 0 unspecified atom stereocenters. The van der Waals surface area contributed by atoms with Crippen LogP contribution in [-0.4, -0.2) is 31.1 Å². The van der Waals surface area contributed by atoms with Crippen LogP contribution in [0.25, 0.3) is 0 Å². The molecule has 2 aromatic carbocycles. The standard InChI is InChI=1S/C16H16ClFN2O2/c1-20(10-11-22-15-8-2-12(17)3-9-15)16(21)19-14-6-4-13(18)5-7-14/h2-9H,10-11H2,1H3,(H,19,21). The third-order valence-corrected chi connectivity index (χ3v) is 3.20. The van der Waals surface area contributed by atoms with Gasteiger partial charge in [-0.15, -0.1) is 0 Å². The van der Waals surface area contributed by atoms with E-state index in [0.29, 0.717) is 29.6 Å². The zero-order valence-corrected chi connectivity index (χ0v) is 12.8. The van der Waals surface area contributed by atoms with E-state index in [1.54, 1.807) is 31.3 Å². The number of benzene rings is 2. The smallest absolute Gasteiger partial charge is 0.321 e. The molecule has 2 aromatic rings. The Bertz CT molecular complexity index is 617. The number of urea groups is 1. The molecule has 6 heteroatoms. The molecule has 0 spiro atoms. The fraction of sp³-hybridized carbons (Fsp3) is 0.188. The first-order valence-corrected chi connectivity index (χ1v) is 7.08. The molecular weight excluding hydrogens is 307 g/mol. The first kappa shape index (κ1) is 16.1. The topological polar surface area (TPSA) is 41.6 Å². The molecule has 1 N–H and O–H groups in total. The van der Waals surface area contributed by atoms with E-state index < -0.39 is 0 Å². The van der Waals surface area contributed by atoms with Crippen molar-refractivity contribution < 1.29 is 13.9 Å². The Morgan fingerprint density at radius 2 is 1.82 bits per heavy atom. The molecule has 0 bridgehead atoms. The number of anilines is 1. The van der Waals surface area contributed by atoms with E-state index in [2.05, 4.69) is 5.32 Å². The average molecular weight is 323 g/mol. The van der Waals surface area contributed by atoms with Crippen LogP contribution in [0.3, 0.4) is 0 Å². The maximum absolute atomic E-state index is 12.8. The molecule has 0 atom stereocenters. The number of halogens is 2. The lowest BCUT2D eigenvalue weighted by atomic mass is 10.3. The highest BCUT2D eigenvalue weighted by Crippen LogP contribution is 2.15. The van der Waals surface area contributed by atoms with Gasteiger partial charge in [0.2, 0.25) is 0 Å². The molecule has 0 heterocycles. The van der Waals surface area contributed by atoms with Gasteiger partial charge in [-0.3, -0.25) is 0 Å². The predicted octanol–water partition coefficient (Wildman–Crippen LogP) is 4.02. The Kier molecular flexibility index (Phi) is 5.61. The molecule has 0 aromatic heterocycles. The summed E-state index contributed by atoms with van der Waals surface area (Å²) in [6.07, 6.45) is 0. The highest BCUT2D eigenvalue weighted by Gasteiger charge is 2.08. The molecular formula is C16H16ClFN2O2. The van der Waals surface area contributed by atoms with Gasteiger partial charge < -0.3 is 15.0 Å². The number of ether oxygens (including phenoxy) is 1. The van der Waals surface area contributed by atoms with Gasteiger partial charge in [0, 0.05) is 17.8 Å². The van der Waals surface area contributed by atoms with Crippen molar-refractivity contribution in [2.45, 2.75) is 0 Å². The molecule has 0 saturated heterocycles.